The zero-order chi connectivity index (χ0) is 19.5. The van der Waals surface area contributed by atoms with Crippen LogP contribution in [0.1, 0.15) is 122 Å². The molecule has 0 aliphatic carbocycles. The fourth-order valence-electron chi connectivity index (χ4n) is 3.37. The first kappa shape index (κ1) is 30.7. The molecule has 4 nitrogen and oxygen atoms in total. The predicted octanol–water partition coefficient (Wildman–Crippen LogP) is 2.94. The molecule has 0 aliphatic rings. The van der Waals surface area contributed by atoms with E-state index >= 15 is 0 Å². The van der Waals surface area contributed by atoms with Crippen LogP contribution in [0.4, 0.5) is 0 Å². The SMILES string of the molecule is CC(O)CCCCCCCCCCCCCCCCCCCS(=O)(=O)[O-].[K+]. The van der Waals surface area contributed by atoms with Gasteiger partial charge in [0.15, 0.2) is 0 Å². The molecule has 0 aromatic carbocycles. The van der Waals surface area contributed by atoms with Gasteiger partial charge in [-0.2, -0.15) is 0 Å². The van der Waals surface area contributed by atoms with Crippen LogP contribution in [0.5, 0.6) is 0 Å². The zero-order valence-electron chi connectivity index (χ0n) is 18.1. The van der Waals surface area contributed by atoms with Gasteiger partial charge in [0.2, 0.25) is 0 Å². The second-order valence-corrected chi connectivity index (χ2v) is 9.43. The van der Waals surface area contributed by atoms with E-state index in [1.54, 1.807) is 0 Å². The summed E-state index contributed by atoms with van der Waals surface area (Å²) in [4.78, 5) is 0. The van der Waals surface area contributed by atoms with E-state index in [0.29, 0.717) is 6.42 Å². The van der Waals surface area contributed by atoms with Gasteiger partial charge >= 0.3 is 51.4 Å². The summed E-state index contributed by atoms with van der Waals surface area (Å²) in [5.41, 5.74) is 0. The Labute approximate surface area is 211 Å². The summed E-state index contributed by atoms with van der Waals surface area (Å²) in [6.45, 7) is 1.87. The molecule has 158 valence electrons. The second-order valence-electron chi connectivity index (χ2n) is 7.91. The van der Waals surface area contributed by atoms with Crippen molar-refractivity contribution in [2.75, 3.05) is 5.75 Å². The van der Waals surface area contributed by atoms with Crippen LogP contribution in [0.25, 0.3) is 0 Å². The van der Waals surface area contributed by atoms with Crippen LogP contribution in [0.2, 0.25) is 0 Å². The predicted molar refractivity (Wildman–Crippen MR) is 109 cm³/mol. The van der Waals surface area contributed by atoms with Crippen molar-refractivity contribution in [2.45, 2.75) is 129 Å². The van der Waals surface area contributed by atoms with Gasteiger partial charge in [0.05, 0.1) is 16.2 Å². The number of hydrogen-bond donors (Lipinski definition) is 1. The summed E-state index contributed by atoms with van der Waals surface area (Å²) in [6, 6.07) is 0. The standard InChI is InChI=1S/C21H44O4S.K/c1-21(22)19-17-15-13-11-9-7-5-3-2-4-6-8-10-12-14-16-18-20-26(23,24)25;/h21-22H,2-20H2,1H3,(H,23,24,25);/q;+1/p-1. The largest absolute Gasteiger partial charge is 1.00 e. The molecule has 0 fully saturated rings. The molecule has 1 N–H and O–H groups in total. The minimum atomic E-state index is -4.01. The van der Waals surface area contributed by atoms with Crippen LogP contribution in [-0.2, 0) is 10.1 Å². The molecule has 0 aliphatic heterocycles. The molecule has 0 heterocycles. The van der Waals surface area contributed by atoms with Gasteiger partial charge in [-0.3, -0.25) is 0 Å². The number of hydrogen-bond acceptors (Lipinski definition) is 4. The van der Waals surface area contributed by atoms with Crippen molar-refractivity contribution in [2.24, 2.45) is 0 Å². The smallest absolute Gasteiger partial charge is 0.748 e. The van der Waals surface area contributed by atoms with E-state index in [2.05, 4.69) is 0 Å². The van der Waals surface area contributed by atoms with Crippen LogP contribution in [0, 0.1) is 0 Å². The molecule has 1 unspecified atom stereocenters. The third-order valence-corrected chi connectivity index (χ3v) is 5.80. The normalized spacial score (nSPS) is 12.7. The summed E-state index contributed by atoms with van der Waals surface area (Å²) in [5, 5.41) is 9.18. The average Bonchev–Trinajstić information content (AvgIpc) is 2.55. The Kier molecular flexibility index (Phi) is 25.2. The van der Waals surface area contributed by atoms with Crippen molar-refractivity contribution >= 4 is 10.1 Å². The van der Waals surface area contributed by atoms with E-state index in [1.807, 2.05) is 6.92 Å². The van der Waals surface area contributed by atoms with Gasteiger partial charge in [-0.15, -0.1) is 0 Å². The minimum absolute atomic E-state index is 0. The number of aliphatic hydroxyl groups excluding tert-OH is 1. The first-order chi connectivity index (χ1) is 12.4. The average molecular weight is 431 g/mol. The summed E-state index contributed by atoms with van der Waals surface area (Å²) in [5.74, 6) is -0.198. The molecule has 0 spiro atoms. The fourth-order valence-corrected chi connectivity index (χ4v) is 3.93. The maximum atomic E-state index is 10.5. The third kappa shape index (κ3) is 29.8. The van der Waals surface area contributed by atoms with Crippen molar-refractivity contribution in [3.8, 4) is 0 Å². The molecule has 0 saturated carbocycles. The molecule has 0 saturated heterocycles. The molecule has 27 heavy (non-hydrogen) atoms. The van der Waals surface area contributed by atoms with Crippen LogP contribution in [0.3, 0.4) is 0 Å². The first-order valence-corrected chi connectivity index (χ1v) is 12.6. The Morgan fingerprint density at radius 1 is 0.630 bits per heavy atom. The molecule has 0 radical (unpaired) electrons. The topological polar surface area (TPSA) is 77.4 Å². The van der Waals surface area contributed by atoms with E-state index in [-0.39, 0.29) is 63.2 Å². The Balaban J connectivity index is 0. The molecule has 6 heteroatoms. The van der Waals surface area contributed by atoms with Crippen molar-refractivity contribution in [3.05, 3.63) is 0 Å². The van der Waals surface area contributed by atoms with Crippen molar-refractivity contribution in [3.63, 3.8) is 0 Å². The summed E-state index contributed by atoms with van der Waals surface area (Å²) >= 11 is 0. The Hall–Kier alpha value is 1.51. The second kappa shape index (κ2) is 22.2. The molecule has 0 aromatic heterocycles. The summed E-state index contributed by atoms with van der Waals surface area (Å²) in [7, 11) is -4.01. The third-order valence-electron chi connectivity index (χ3n) is 5.02. The zero-order valence-corrected chi connectivity index (χ0v) is 22.0. The fraction of sp³-hybridized carbons (Fsp3) is 1.00. The van der Waals surface area contributed by atoms with Gasteiger partial charge in [-0.05, 0) is 19.8 Å². The Morgan fingerprint density at radius 2 is 0.889 bits per heavy atom. The van der Waals surface area contributed by atoms with Crippen molar-refractivity contribution in [1.29, 1.82) is 0 Å². The van der Waals surface area contributed by atoms with E-state index in [0.717, 1.165) is 25.7 Å². The van der Waals surface area contributed by atoms with Gasteiger partial charge < -0.3 is 9.66 Å². The molecule has 0 rings (SSSR count). The molecule has 1 atom stereocenters. The van der Waals surface area contributed by atoms with Crippen LogP contribution >= 0.6 is 0 Å². The number of unbranched alkanes of at least 4 members (excludes halogenated alkanes) is 16. The van der Waals surface area contributed by atoms with Crippen molar-refractivity contribution in [1.82, 2.24) is 0 Å². The Bertz CT molecular complexity index is 386. The molecule has 0 aromatic rings. The minimum Gasteiger partial charge on any atom is -0.748 e. The Morgan fingerprint density at radius 3 is 1.15 bits per heavy atom. The van der Waals surface area contributed by atoms with Gasteiger partial charge in [-0.1, -0.05) is 103 Å². The summed E-state index contributed by atoms with van der Waals surface area (Å²) < 4.78 is 31.4. The van der Waals surface area contributed by atoms with Gasteiger partial charge in [0, 0.05) is 5.75 Å². The number of aliphatic hydroxyl groups is 1. The monoisotopic (exact) mass is 430 g/mol. The quantitative estimate of drug-likeness (QED) is 0.183. The summed E-state index contributed by atoms with van der Waals surface area (Å²) in [6.07, 6.45) is 21.5. The molecule has 0 amide bonds. The van der Waals surface area contributed by atoms with E-state index in [1.165, 1.54) is 83.5 Å². The van der Waals surface area contributed by atoms with Gasteiger partial charge in [0.1, 0.15) is 0 Å². The van der Waals surface area contributed by atoms with Crippen LogP contribution in [-0.4, -0.2) is 29.9 Å². The van der Waals surface area contributed by atoms with Gasteiger partial charge in [-0.25, -0.2) is 8.42 Å². The molecular formula is C21H43KO4S. The molecular weight excluding hydrogens is 387 g/mol. The van der Waals surface area contributed by atoms with Gasteiger partial charge in [0.25, 0.3) is 0 Å². The van der Waals surface area contributed by atoms with Crippen LogP contribution < -0.4 is 51.4 Å². The van der Waals surface area contributed by atoms with Crippen molar-refractivity contribution < 1.29 is 69.5 Å². The maximum absolute atomic E-state index is 10.5. The first-order valence-electron chi connectivity index (χ1n) is 11.0. The van der Waals surface area contributed by atoms with E-state index < -0.39 is 10.1 Å². The number of rotatable bonds is 20. The van der Waals surface area contributed by atoms with E-state index in [9.17, 15) is 18.1 Å². The molecule has 0 bridgehead atoms. The maximum Gasteiger partial charge on any atom is 1.00 e. The van der Waals surface area contributed by atoms with Crippen LogP contribution in [0.15, 0.2) is 0 Å². The van der Waals surface area contributed by atoms with E-state index in [4.69, 9.17) is 0 Å².